The number of rotatable bonds is 1. The molecule has 0 saturated heterocycles. The largest absolute Gasteiger partial charge is 0.320 e. The third-order valence-electron chi connectivity index (χ3n) is 2.09. The summed E-state index contributed by atoms with van der Waals surface area (Å²) in [4.78, 5) is 15.2. The summed E-state index contributed by atoms with van der Waals surface area (Å²) in [6.45, 7) is 0. The van der Waals surface area contributed by atoms with E-state index in [4.69, 9.17) is 0 Å². The Bertz CT molecular complexity index is 418. The van der Waals surface area contributed by atoms with Crippen LogP contribution in [-0.4, -0.2) is 18.7 Å². The molecule has 0 spiro atoms. The van der Waals surface area contributed by atoms with Crippen LogP contribution >= 0.6 is 0 Å². The summed E-state index contributed by atoms with van der Waals surface area (Å²) in [5, 5.41) is 2.76. The van der Waals surface area contributed by atoms with Crippen LogP contribution < -0.4 is 5.32 Å². The highest BCUT2D eigenvalue weighted by Gasteiger charge is 2.19. The highest BCUT2D eigenvalue weighted by molar-refractivity contribution is 6.48. The maximum Gasteiger partial charge on any atom is 0.273 e. The summed E-state index contributed by atoms with van der Waals surface area (Å²) in [7, 11) is 1.61. The molecule has 0 aliphatic carbocycles. The molecule has 0 unspecified atom stereocenters. The van der Waals surface area contributed by atoms with Gasteiger partial charge in [-0.3, -0.25) is 9.79 Å². The third-order valence-corrected chi connectivity index (χ3v) is 2.09. The van der Waals surface area contributed by atoms with Crippen LogP contribution in [0.3, 0.4) is 0 Å². The summed E-state index contributed by atoms with van der Waals surface area (Å²) >= 11 is 0. The van der Waals surface area contributed by atoms with Gasteiger partial charge in [-0.05, 0) is 11.6 Å². The lowest BCUT2D eigenvalue weighted by atomic mass is 10.1. The van der Waals surface area contributed by atoms with Crippen molar-refractivity contribution in [2.24, 2.45) is 4.99 Å². The molecule has 0 atom stereocenters. The van der Waals surface area contributed by atoms with Crippen molar-refractivity contribution in [1.29, 1.82) is 0 Å². The molecule has 1 aromatic rings. The molecule has 0 radical (unpaired) electrons. The second-order valence-corrected chi connectivity index (χ2v) is 2.99. The van der Waals surface area contributed by atoms with Crippen molar-refractivity contribution in [3.63, 3.8) is 0 Å². The average molecular weight is 186 g/mol. The molecule has 14 heavy (non-hydrogen) atoms. The fourth-order valence-electron chi connectivity index (χ4n) is 1.36. The van der Waals surface area contributed by atoms with Crippen LogP contribution in [0.15, 0.2) is 41.4 Å². The van der Waals surface area contributed by atoms with Gasteiger partial charge in [0.2, 0.25) is 0 Å². The number of aliphatic imine (C=N–C) groups is 1. The molecule has 3 heteroatoms. The van der Waals surface area contributed by atoms with Gasteiger partial charge in [0.15, 0.2) is 0 Å². The van der Waals surface area contributed by atoms with Crippen LogP contribution in [0.1, 0.15) is 5.56 Å². The van der Waals surface area contributed by atoms with Crippen molar-refractivity contribution in [2.45, 2.75) is 0 Å². The van der Waals surface area contributed by atoms with Gasteiger partial charge in [-0.1, -0.05) is 30.3 Å². The van der Waals surface area contributed by atoms with Gasteiger partial charge in [0.1, 0.15) is 5.71 Å². The predicted molar refractivity (Wildman–Crippen MR) is 55.9 cm³/mol. The Labute approximate surface area is 82.2 Å². The molecule has 2 rings (SSSR count). The summed E-state index contributed by atoms with van der Waals surface area (Å²) in [5.41, 5.74) is 2.29. The van der Waals surface area contributed by atoms with E-state index in [1.54, 1.807) is 13.1 Å². The van der Waals surface area contributed by atoms with E-state index in [2.05, 4.69) is 10.3 Å². The zero-order chi connectivity index (χ0) is 9.97. The minimum absolute atomic E-state index is 0.133. The minimum atomic E-state index is -0.133. The van der Waals surface area contributed by atoms with E-state index in [-0.39, 0.29) is 5.91 Å². The third kappa shape index (κ3) is 1.44. The molecule has 1 aromatic carbocycles. The lowest BCUT2D eigenvalue weighted by molar-refractivity contribution is -0.113. The number of benzene rings is 1. The first-order chi connectivity index (χ1) is 6.81. The summed E-state index contributed by atoms with van der Waals surface area (Å²) in [6.07, 6.45) is 1.76. The lowest BCUT2D eigenvalue weighted by Gasteiger charge is -2.00. The van der Waals surface area contributed by atoms with E-state index in [9.17, 15) is 4.79 Å². The van der Waals surface area contributed by atoms with Gasteiger partial charge in [0.25, 0.3) is 5.91 Å². The highest BCUT2D eigenvalue weighted by Crippen LogP contribution is 2.14. The molecule has 0 saturated carbocycles. The van der Waals surface area contributed by atoms with Crippen molar-refractivity contribution in [3.8, 4) is 0 Å². The summed E-state index contributed by atoms with van der Waals surface area (Å²) in [6, 6.07) is 9.71. The Hall–Kier alpha value is -1.90. The quantitative estimate of drug-likeness (QED) is 0.704. The summed E-state index contributed by atoms with van der Waals surface area (Å²) < 4.78 is 0. The Morgan fingerprint density at radius 1 is 1.21 bits per heavy atom. The topological polar surface area (TPSA) is 41.5 Å². The minimum Gasteiger partial charge on any atom is -0.320 e. The van der Waals surface area contributed by atoms with Gasteiger partial charge in [0.05, 0.1) is 5.70 Å². The number of nitrogens with one attached hydrogen (secondary N) is 1. The van der Waals surface area contributed by atoms with Crippen molar-refractivity contribution in [3.05, 3.63) is 42.0 Å². The van der Waals surface area contributed by atoms with Gasteiger partial charge in [0, 0.05) is 7.05 Å². The molecule has 1 N–H and O–H groups in total. The van der Waals surface area contributed by atoms with Gasteiger partial charge < -0.3 is 5.32 Å². The maximum atomic E-state index is 11.3. The summed E-state index contributed by atoms with van der Waals surface area (Å²) in [5.74, 6) is -0.133. The molecule has 0 aromatic heterocycles. The number of nitrogens with zero attached hydrogens (tertiary/aromatic N) is 1. The van der Waals surface area contributed by atoms with Gasteiger partial charge in [-0.25, -0.2) is 0 Å². The van der Waals surface area contributed by atoms with Crippen molar-refractivity contribution in [2.75, 3.05) is 7.05 Å². The normalized spacial score (nSPS) is 18.2. The zero-order valence-corrected chi connectivity index (χ0v) is 7.82. The molecule has 1 aliphatic rings. The highest BCUT2D eigenvalue weighted by atomic mass is 16.2. The number of hydrogen-bond acceptors (Lipinski definition) is 2. The van der Waals surface area contributed by atoms with E-state index >= 15 is 0 Å². The van der Waals surface area contributed by atoms with E-state index in [1.165, 1.54) is 0 Å². The molecule has 70 valence electrons. The standard InChI is InChI=1S/C11H10N2O/c1-12-10-7-9(13-11(10)14)8-5-3-2-4-6-8/h2-7H,1H3,(H,12,13,14). The first-order valence-corrected chi connectivity index (χ1v) is 4.36. The second-order valence-electron chi connectivity index (χ2n) is 2.99. The lowest BCUT2D eigenvalue weighted by Crippen LogP contribution is -2.20. The number of carbonyl (C=O) groups excluding carboxylic acids is 1. The molecular formula is C11H10N2O. The van der Waals surface area contributed by atoms with Crippen molar-refractivity contribution in [1.82, 2.24) is 5.32 Å². The second kappa shape index (κ2) is 3.46. The van der Waals surface area contributed by atoms with E-state index in [0.29, 0.717) is 5.71 Å². The van der Waals surface area contributed by atoms with E-state index < -0.39 is 0 Å². The fourth-order valence-corrected chi connectivity index (χ4v) is 1.36. The first kappa shape index (κ1) is 8.69. The Morgan fingerprint density at radius 2 is 1.93 bits per heavy atom. The molecule has 1 aliphatic heterocycles. The Morgan fingerprint density at radius 3 is 2.50 bits per heavy atom. The fraction of sp³-hybridized carbons (Fsp3) is 0.0909. The van der Waals surface area contributed by atoms with Crippen LogP contribution in [0, 0.1) is 0 Å². The van der Waals surface area contributed by atoms with Crippen molar-refractivity contribution >= 4 is 17.3 Å². The Balaban J connectivity index is 2.36. The maximum absolute atomic E-state index is 11.3. The monoisotopic (exact) mass is 186 g/mol. The van der Waals surface area contributed by atoms with Crippen LogP contribution in [0.5, 0.6) is 0 Å². The smallest absolute Gasteiger partial charge is 0.273 e. The number of hydrogen-bond donors (Lipinski definition) is 1. The molecule has 1 heterocycles. The van der Waals surface area contributed by atoms with Crippen molar-refractivity contribution < 1.29 is 4.79 Å². The Kier molecular flexibility index (Phi) is 2.14. The van der Waals surface area contributed by atoms with Crippen LogP contribution in [0.25, 0.3) is 5.70 Å². The molecular weight excluding hydrogens is 176 g/mol. The molecule has 0 fully saturated rings. The molecule has 3 nitrogen and oxygen atoms in total. The molecule has 0 bridgehead atoms. The van der Waals surface area contributed by atoms with Crippen LogP contribution in [0.2, 0.25) is 0 Å². The van der Waals surface area contributed by atoms with E-state index in [1.807, 2.05) is 30.3 Å². The number of amides is 1. The number of carbonyl (C=O) groups is 1. The average Bonchev–Trinajstić information content (AvgIpc) is 2.61. The van der Waals surface area contributed by atoms with Crippen LogP contribution in [-0.2, 0) is 4.79 Å². The van der Waals surface area contributed by atoms with Gasteiger partial charge >= 0.3 is 0 Å². The predicted octanol–water partition coefficient (Wildman–Crippen LogP) is 1.23. The zero-order valence-electron chi connectivity index (χ0n) is 7.82. The van der Waals surface area contributed by atoms with Crippen LogP contribution in [0.4, 0.5) is 0 Å². The molecule has 1 amide bonds. The van der Waals surface area contributed by atoms with E-state index in [0.717, 1.165) is 11.3 Å². The van der Waals surface area contributed by atoms with Gasteiger partial charge in [-0.15, -0.1) is 0 Å². The SMILES string of the molecule is CN=C1C=C(c2ccccc2)NC1=O. The first-order valence-electron chi connectivity index (χ1n) is 4.36. The van der Waals surface area contributed by atoms with Gasteiger partial charge in [-0.2, -0.15) is 0 Å².